The Morgan fingerprint density at radius 3 is 2.36 bits per heavy atom. The van der Waals surface area contributed by atoms with E-state index in [1.54, 1.807) is 6.07 Å². The monoisotopic (exact) mass is 388 g/mol. The van der Waals surface area contributed by atoms with Gasteiger partial charge in [-0.15, -0.1) is 0 Å². The molecule has 0 unspecified atom stereocenters. The summed E-state index contributed by atoms with van der Waals surface area (Å²) in [5.41, 5.74) is 5.93. The lowest BCUT2D eigenvalue weighted by molar-refractivity contribution is 0.0146. The number of hydrogen-bond acceptors (Lipinski definition) is 6. The predicted octanol–water partition coefficient (Wildman–Crippen LogP) is 2.80. The van der Waals surface area contributed by atoms with E-state index < -0.39 is 5.91 Å². The molecule has 3 fully saturated rings. The van der Waals surface area contributed by atoms with E-state index in [1.165, 1.54) is 12.8 Å². The van der Waals surface area contributed by atoms with Gasteiger partial charge in [0.15, 0.2) is 0 Å². The number of nitrogens with two attached hydrogens (primary N) is 1. The minimum absolute atomic E-state index is 0.111. The SMILES string of the molecule is NC(=O)c1ccc(N[C@H]2CC[C@H](OC3CC3)CC2)nc1N[C@@H]1CCC[C@H](O)C1. The number of amides is 1. The number of nitrogens with zero attached hydrogens (tertiary/aromatic N) is 1. The van der Waals surface area contributed by atoms with Gasteiger partial charge in [0, 0.05) is 12.1 Å². The Morgan fingerprint density at radius 2 is 1.71 bits per heavy atom. The molecule has 3 saturated carbocycles. The van der Waals surface area contributed by atoms with Crippen LogP contribution in [-0.4, -0.2) is 46.4 Å². The topological polar surface area (TPSA) is 110 Å². The zero-order chi connectivity index (χ0) is 19.5. The fraction of sp³-hybridized carbons (Fsp3) is 0.714. The summed E-state index contributed by atoms with van der Waals surface area (Å²) in [6.45, 7) is 0. The molecule has 0 aromatic carbocycles. The molecule has 2 atom stereocenters. The molecule has 4 rings (SSSR count). The van der Waals surface area contributed by atoms with Crippen molar-refractivity contribution in [1.82, 2.24) is 4.98 Å². The van der Waals surface area contributed by atoms with Crippen LogP contribution in [-0.2, 0) is 4.74 Å². The highest BCUT2D eigenvalue weighted by atomic mass is 16.5. The van der Waals surface area contributed by atoms with Crippen molar-refractivity contribution in [1.29, 1.82) is 0 Å². The Balaban J connectivity index is 1.37. The fourth-order valence-electron chi connectivity index (χ4n) is 4.37. The number of aromatic nitrogens is 1. The van der Waals surface area contributed by atoms with Crippen LogP contribution in [0.5, 0.6) is 0 Å². The second kappa shape index (κ2) is 8.66. The Morgan fingerprint density at radius 1 is 1.00 bits per heavy atom. The van der Waals surface area contributed by atoms with E-state index in [0.717, 1.165) is 50.8 Å². The van der Waals surface area contributed by atoms with Crippen LogP contribution in [0.25, 0.3) is 0 Å². The van der Waals surface area contributed by atoms with Gasteiger partial charge in [-0.25, -0.2) is 4.98 Å². The van der Waals surface area contributed by atoms with E-state index in [1.807, 2.05) is 6.07 Å². The maximum atomic E-state index is 11.8. The first kappa shape index (κ1) is 19.5. The Kier molecular flexibility index (Phi) is 6.01. The molecular weight excluding hydrogens is 356 g/mol. The van der Waals surface area contributed by atoms with Crippen LogP contribution in [0.15, 0.2) is 12.1 Å². The van der Waals surface area contributed by atoms with E-state index in [9.17, 15) is 9.90 Å². The average Bonchev–Trinajstić information content (AvgIpc) is 3.47. The quantitative estimate of drug-likeness (QED) is 0.572. The van der Waals surface area contributed by atoms with Crippen LogP contribution < -0.4 is 16.4 Å². The van der Waals surface area contributed by atoms with Crippen molar-refractivity contribution in [2.24, 2.45) is 5.73 Å². The lowest BCUT2D eigenvalue weighted by atomic mass is 9.92. The summed E-state index contributed by atoms with van der Waals surface area (Å²) in [7, 11) is 0. The molecule has 0 saturated heterocycles. The lowest BCUT2D eigenvalue weighted by Crippen LogP contribution is -2.32. The second-order valence-electron chi connectivity index (χ2n) is 8.57. The van der Waals surface area contributed by atoms with Gasteiger partial charge in [-0.05, 0) is 76.3 Å². The van der Waals surface area contributed by atoms with Crippen molar-refractivity contribution < 1.29 is 14.6 Å². The number of primary amides is 1. The normalized spacial score (nSPS) is 30.6. The average molecular weight is 389 g/mol. The van der Waals surface area contributed by atoms with Gasteiger partial charge in [-0.2, -0.15) is 0 Å². The number of pyridine rings is 1. The van der Waals surface area contributed by atoms with Gasteiger partial charge in [0.05, 0.1) is 23.9 Å². The number of hydrogen-bond donors (Lipinski definition) is 4. The van der Waals surface area contributed by atoms with Crippen LogP contribution in [0.1, 0.15) is 74.6 Å². The largest absolute Gasteiger partial charge is 0.393 e. The van der Waals surface area contributed by atoms with Crippen LogP contribution in [0.4, 0.5) is 11.6 Å². The predicted molar refractivity (Wildman–Crippen MR) is 108 cm³/mol. The first-order valence-electron chi connectivity index (χ1n) is 10.7. The summed E-state index contributed by atoms with van der Waals surface area (Å²) < 4.78 is 6.03. The van der Waals surface area contributed by atoms with Crippen LogP contribution in [0.3, 0.4) is 0 Å². The van der Waals surface area contributed by atoms with E-state index in [2.05, 4.69) is 15.6 Å². The third-order valence-electron chi connectivity index (χ3n) is 6.08. The van der Waals surface area contributed by atoms with Gasteiger partial charge < -0.3 is 26.2 Å². The Hall–Kier alpha value is -1.86. The van der Waals surface area contributed by atoms with Crippen molar-refractivity contribution in [3.63, 3.8) is 0 Å². The lowest BCUT2D eigenvalue weighted by Gasteiger charge is -2.30. The number of carbonyl (C=O) groups is 1. The summed E-state index contributed by atoms with van der Waals surface area (Å²) in [6.07, 6.45) is 10.8. The van der Waals surface area contributed by atoms with E-state index >= 15 is 0 Å². The van der Waals surface area contributed by atoms with Crippen molar-refractivity contribution in [2.45, 2.75) is 94.6 Å². The molecule has 1 aromatic heterocycles. The number of anilines is 2. The Labute approximate surface area is 166 Å². The molecule has 3 aliphatic rings. The van der Waals surface area contributed by atoms with Crippen LogP contribution in [0, 0.1) is 0 Å². The minimum atomic E-state index is -0.490. The van der Waals surface area contributed by atoms with Crippen molar-refractivity contribution in [3.05, 3.63) is 17.7 Å². The number of aliphatic hydroxyl groups excluding tert-OH is 1. The van der Waals surface area contributed by atoms with Gasteiger partial charge in [-0.1, -0.05) is 0 Å². The zero-order valence-corrected chi connectivity index (χ0v) is 16.4. The summed E-state index contributed by atoms with van der Waals surface area (Å²) in [4.78, 5) is 16.5. The fourth-order valence-corrected chi connectivity index (χ4v) is 4.37. The molecule has 5 N–H and O–H groups in total. The molecule has 7 heteroatoms. The van der Waals surface area contributed by atoms with Gasteiger partial charge >= 0.3 is 0 Å². The number of ether oxygens (including phenoxy) is 1. The molecule has 1 aromatic rings. The van der Waals surface area contributed by atoms with E-state index in [0.29, 0.717) is 36.1 Å². The molecule has 1 amide bonds. The highest BCUT2D eigenvalue weighted by molar-refractivity contribution is 5.97. The number of nitrogens with one attached hydrogen (secondary N) is 2. The van der Waals surface area contributed by atoms with E-state index in [4.69, 9.17) is 10.5 Å². The van der Waals surface area contributed by atoms with E-state index in [-0.39, 0.29) is 12.1 Å². The summed E-state index contributed by atoms with van der Waals surface area (Å²) >= 11 is 0. The molecular formula is C21H32N4O3. The molecule has 0 aliphatic heterocycles. The molecule has 7 nitrogen and oxygen atoms in total. The standard InChI is InChI=1S/C21H32N4O3/c22-20(27)18-10-11-19(25-21(18)24-14-2-1-3-15(26)12-14)23-13-4-6-16(7-5-13)28-17-8-9-17/h10-11,13-17,26H,1-9,12H2,(H2,22,27)(H2,23,24,25)/t13-,14-,15+,16-/m1/s1. The first-order chi connectivity index (χ1) is 13.6. The zero-order valence-electron chi connectivity index (χ0n) is 16.4. The molecule has 0 spiro atoms. The maximum Gasteiger partial charge on any atom is 0.252 e. The van der Waals surface area contributed by atoms with Crippen molar-refractivity contribution in [2.75, 3.05) is 10.6 Å². The Bertz CT molecular complexity index is 686. The highest BCUT2D eigenvalue weighted by Gasteiger charge is 2.29. The second-order valence-corrected chi connectivity index (χ2v) is 8.57. The highest BCUT2D eigenvalue weighted by Crippen LogP contribution is 2.31. The van der Waals surface area contributed by atoms with Gasteiger partial charge in [-0.3, -0.25) is 4.79 Å². The summed E-state index contributed by atoms with van der Waals surface area (Å²) in [5.74, 6) is 0.786. The maximum absolute atomic E-state index is 11.8. The summed E-state index contributed by atoms with van der Waals surface area (Å²) in [5, 5.41) is 16.8. The molecule has 154 valence electrons. The van der Waals surface area contributed by atoms with Crippen molar-refractivity contribution in [3.8, 4) is 0 Å². The third kappa shape index (κ3) is 5.14. The van der Waals surface area contributed by atoms with Crippen molar-refractivity contribution >= 4 is 17.5 Å². The molecule has 28 heavy (non-hydrogen) atoms. The summed E-state index contributed by atoms with van der Waals surface area (Å²) in [6, 6.07) is 4.05. The molecule has 1 heterocycles. The minimum Gasteiger partial charge on any atom is -0.393 e. The first-order valence-corrected chi connectivity index (χ1v) is 10.7. The smallest absolute Gasteiger partial charge is 0.252 e. The van der Waals surface area contributed by atoms with Gasteiger partial charge in [0.2, 0.25) is 0 Å². The number of aliphatic hydroxyl groups is 1. The van der Waals surface area contributed by atoms with Crippen LogP contribution >= 0.6 is 0 Å². The third-order valence-corrected chi connectivity index (χ3v) is 6.08. The molecule has 0 radical (unpaired) electrons. The van der Waals surface area contributed by atoms with Gasteiger partial charge in [0.1, 0.15) is 11.6 Å². The number of carbonyl (C=O) groups excluding carboxylic acids is 1. The molecule has 0 bridgehead atoms. The number of rotatable bonds is 7. The van der Waals surface area contributed by atoms with Crippen LogP contribution in [0.2, 0.25) is 0 Å². The molecule has 3 aliphatic carbocycles. The van der Waals surface area contributed by atoms with Gasteiger partial charge in [0.25, 0.3) is 5.91 Å².